The Hall–Kier alpha value is -5.17. The SMILES string of the molecule is CC(C)(C)c1ccnc2c1oc1ncc(-c3cccc(-n4c5ccccc5n5c6ccccc6nc45)c3O)cc12. The van der Waals surface area contributed by atoms with Gasteiger partial charge in [-0.1, -0.05) is 57.2 Å². The Labute approximate surface area is 229 Å². The quantitative estimate of drug-likeness (QED) is 0.250. The number of hydrogen-bond acceptors (Lipinski definition) is 5. The molecule has 0 spiro atoms. The van der Waals surface area contributed by atoms with Gasteiger partial charge in [0, 0.05) is 29.1 Å². The molecular formula is C33H25N5O2. The second-order valence-electron chi connectivity index (χ2n) is 11.2. The zero-order chi connectivity index (χ0) is 27.2. The van der Waals surface area contributed by atoms with Crippen LogP contribution in [0.5, 0.6) is 5.75 Å². The van der Waals surface area contributed by atoms with Gasteiger partial charge >= 0.3 is 0 Å². The molecule has 0 saturated carbocycles. The molecule has 8 rings (SSSR count). The molecule has 8 aromatic rings. The molecule has 0 fully saturated rings. The molecular weight excluding hydrogens is 498 g/mol. The van der Waals surface area contributed by atoms with E-state index in [1.54, 1.807) is 6.20 Å². The van der Waals surface area contributed by atoms with Crippen LogP contribution in [0.25, 0.3) is 66.9 Å². The summed E-state index contributed by atoms with van der Waals surface area (Å²) in [6.45, 7) is 6.46. The van der Waals surface area contributed by atoms with Crippen LogP contribution in [0.4, 0.5) is 0 Å². The van der Waals surface area contributed by atoms with Crippen molar-refractivity contribution in [1.82, 2.24) is 23.9 Å². The van der Waals surface area contributed by atoms with Crippen LogP contribution in [0.3, 0.4) is 0 Å². The van der Waals surface area contributed by atoms with Crippen LogP contribution >= 0.6 is 0 Å². The Balaban J connectivity index is 1.37. The van der Waals surface area contributed by atoms with E-state index in [0.29, 0.717) is 17.0 Å². The first kappa shape index (κ1) is 22.8. The van der Waals surface area contributed by atoms with E-state index in [9.17, 15) is 5.11 Å². The van der Waals surface area contributed by atoms with Crippen LogP contribution in [-0.4, -0.2) is 29.0 Å². The number of rotatable bonds is 2. The highest BCUT2D eigenvalue weighted by Crippen LogP contribution is 2.40. The van der Waals surface area contributed by atoms with Crippen LogP contribution in [0.1, 0.15) is 26.3 Å². The van der Waals surface area contributed by atoms with Crippen LogP contribution in [-0.2, 0) is 5.41 Å². The van der Waals surface area contributed by atoms with Crippen molar-refractivity contribution in [2.75, 3.05) is 0 Å². The summed E-state index contributed by atoms with van der Waals surface area (Å²) < 4.78 is 10.3. The Morgan fingerprint density at radius 1 is 0.825 bits per heavy atom. The lowest BCUT2D eigenvalue weighted by Gasteiger charge is -2.18. The number of imidazole rings is 2. The molecule has 0 bridgehead atoms. The maximum Gasteiger partial charge on any atom is 0.228 e. The molecule has 5 heterocycles. The van der Waals surface area contributed by atoms with E-state index >= 15 is 0 Å². The summed E-state index contributed by atoms with van der Waals surface area (Å²) in [6, 6.07) is 26.0. The van der Waals surface area contributed by atoms with E-state index < -0.39 is 0 Å². The molecule has 7 nitrogen and oxygen atoms in total. The largest absolute Gasteiger partial charge is 0.505 e. The van der Waals surface area contributed by atoms with Gasteiger partial charge in [-0.15, -0.1) is 0 Å². The average Bonchev–Trinajstić information content (AvgIpc) is 3.61. The highest BCUT2D eigenvalue weighted by Gasteiger charge is 2.23. The third kappa shape index (κ3) is 3.09. The summed E-state index contributed by atoms with van der Waals surface area (Å²) in [5.74, 6) is 0.887. The van der Waals surface area contributed by atoms with Crippen LogP contribution in [0.2, 0.25) is 0 Å². The second kappa shape index (κ2) is 7.93. The number of nitrogens with zero attached hydrogens (tertiary/aromatic N) is 5. The van der Waals surface area contributed by atoms with E-state index in [1.807, 2.05) is 71.4 Å². The summed E-state index contributed by atoms with van der Waals surface area (Å²) >= 11 is 0. The van der Waals surface area contributed by atoms with Crippen molar-refractivity contribution in [3.63, 3.8) is 0 Å². The molecule has 0 aliphatic carbocycles. The monoisotopic (exact) mass is 523 g/mol. The fourth-order valence-corrected chi connectivity index (χ4v) is 5.81. The Bertz CT molecular complexity index is 2280. The number of hydrogen-bond donors (Lipinski definition) is 1. The topological polar surface area (TPSA) is 81.4 Å². The van der Waals surface area contributed by atoms with Gasteiger partial charge in [0.1, 0.15) is 11.3 Å². The standard InChI is InChI=1S/C33H25N5O2/c1-33(2,3)22-15-16-34-28-21-17-19(18-35-31(21)40-30(22)28)20-9-8-14-27(29(20)39)38-26-13-7-6-12-25(26)37-24-11-5-4-10-23(24)36-32(37)38/h4-18,39H,1-3H3. The van der Waals surface area contributed by atoms with Crippen molar-refractivity contribution in [1.29, 1.82) is 0 Å². The molecule has 0 amide bonds. The first-order valence-electron chi connectivity index (χ1n) is 13.3. The van der Waals surface area contributed by atoms with Crippen LogP contribution < -0.4 is 0 Å². The lowest BCUT2D eigenvalue weighted by atomic mass is 9.87. The minimum Gasteiger partial charge on any atom is -0.505 e. The predicted octanol–water partition coefficient (Wildman–Crippen LogP) is 7.79. The minimum atomic E-state index is -0.104. The van der Waals surface area contributed by atoms with E-state index in [1.165, 1.54) is 0 Å². The molecule has 0 saturated heterocycles. The average molecular weight is 524 g/mol. The van der Waals surface area contributed by atoms with Gasteiger partial charge in [-0.05, 0) is 47.9 Å². The third-order valence-electron chi connectivity index (χ3n) is 7.69. The number of aromatic nitrogens is 5. The van der Waals surface area contributed by atoms with Gasteiger partial charge in [-0.3, -0.25) is 14.0 Å². The number of para-hydroxylation sites is 5. The highest BCUT2D eigenvalue weighted by atomic mass is 16.3. The zero-order valence-electron chi connectivity index (χ0n) is 22.3. The van der Waals surface area contributed by atoms with Gasteiger partial charge < -0.3 is 9.52 Å². The molecule has 0 aliphatic rings. The van der Waals surface area contributed by atoms with Gasteiger partial charge in [-0.25, -0.2) is 9.97 Å². The van der Waals surface area contributed by atoms with E-state index in [-0.39, 0.29) is 11.2 Å². The van der Waals surface area contributed by atoms with Gasteiger partial charge in [-0.2, -0.15) is 0 Å². The number of aromatic hydroxyl groups is 1. The maximum atomic E-state index is 11.8. The summed E-state index contributed by atoms with van der Waals surface area (Å²) in [7, 11) is 0. The highest BCUT2D eigenvalue weighted by molar-refractivity contribution is 6.04. The van der Waals surface area contributed by atoms with Gasteiger partial charge in [0.2, 0.25) is 11.5 Å². The molecule has 5 aromatic heterocycles. The molecule has 0 atom stereocenters. The molecule has 0 unspecified atom stereocenters. The Morgan fingerprint density at radius 2 is 1.60 bits per heavy atom. The number of phenolic OH excluding ortho intramolecular Hbond substituents is 1. The normalized spacial score (nSPS) is 12.5. The molecule has 1 N–H and O–H groups in total. The van der Waals surface area contributed by atoms with Crippen LogP contribution in [0, 0.1) is 0 Å². The number of furan rings is 1. The number of benzene rings is 3. The van der Waals surface area contributed by atoms with Gasteiger partial charge in [0.05, 0.1) is 33.1 Å². The second-order valence-corrected chi connectivity index (χ2v) is 11.2. The summed E-state index contributed by atoms with van der Waals surface area (Å²) in [4.78, 5) is 14.2. The third-order valence-corrected chi connectivity index (χ3v) is 7.69. The first-order chi connectivity index (χ1) is 19.4. The van der Waals surface area contributed by atoms with Crippen molar-refractivity contribution >= 4 is 50.0 Å². The van der Waals surface area contributed by atoms with Crippen molar-refractivity contribution < 1.29 is 9.52 Å². The predicted molar refractivity (Wildman–Crippen MR) is 158 cm³/mol. The smallest absolute Gasteiger partial charge is 0.228 e. The van der Waals surface area contributed by atoms with Crippen molar-refractivity contribution in [3.05, 3.63) is 96.8 Å². The van der Waals surface area contributed by atoms with Gasteiger partial charge in [0.25, 0.3) is 0 Å². The zero-order valence-corrected chi connectivity index (χ0v) is 22.3. The molecule has 3 aromatic carbocycles. The molecule has 194 valence electrons. The number of phenols is 1. The van der Waals surface area contributed by atoms with Crippen LogP contribution in [0.15, 0.2) is 95.7 Å². The fraction of sp³-hybridized carbons (Fsp3) is 0.121. The Morgan fingerprint density at radius 3 is 2.42 bits per heavy atom. The number of pyridine rings is 2. The van der Waals surface area contributed by atoms with E-state index in [2.05, 4.69) is 53.3 Å². The fourth-order valence-electron chi connectivity index (χ4n) is 5.81. The minimum absolute atomic E-state index is 0.104. The lowest BCUT2D eigenvalue weighted by molar-refractivity contribution is 0.475. The molecule has 0 radical (unpaired) electrons. The van der Waals surface area contributed by atoms with E-state index in [4.69, 9.17) is 9.40 Å². The van der Waals surface area contributed by atoms with Gasteiger partial charge in [0.15, 0.2) is 5.58 Å². The number of fused-ring (bicyclic) bond motifs is 8. The molecule has 40 heavy (non-hydrogen) atoms. The lowest BCUT2D eigenvalue weighted by Crippen LogP contribution is -2.11. The Kier molecular flexibility index (Phi) is 4.51. The summed E-state index contributed by atoms with van der Waals surface area (Å²) in [5, 5.41) is 12.6. The van der Waals surface area contributed by atoms with Crippen molar-refractivity contribution in [3.8, 4) is 22.6 Å². The first-order valence-corrected chi connectivity index (χ1v) is 13.3. The summed E-state index contributed by atoms with van der Waals surface area (Å²) in [5.41, 5.74) is 9.01. The summed E-state index contributed by atoms with van der Waals surface area (Å²) in [6.07, 6.45) is 3.56. The molecule has 7 heteroatoms. The van der Waals surface area contributed by atoms with E-state index in [0.717, 1.165) is 55.5 Å². The van der Waals surface area contributed by atoms with Crippen molar-refractivity contribution in [2.24, 2.45) is 0 Å². The molecule has 0 aliphatic heterocycles. The maximum absolute atomic E-state index is 11.8. The van der Waals surface area contributed by atoms with Crippen molar-refractivity contribution in [2.45, 2.75) is 26.2 Å².